The minimum Gasteiger partial charge on any atom is -0.436 e. The lowest BCUT2D eigenvalue weighted by molar-refractivity contribution is 0.148. The lowest BCUT2D eigenvalue weighted by atomic mass is 10.2. The fourth-order valence-electron chi connectivity index (χ4n) is 1.62. The predicted molar refractivity (Wildman–Crippen MR) is 67.4 cm³/mol. The molecule has 0 bridgehead atoms. The van der Waals surface area contributed by atoms with Gasteiger partial charge < -0.3 is 8.54 Å². The van der Waals surface area contributed by atoms with Crippen LogP contribution in [0.3, 0.4) is 0 Å². The van der Waals surface area contributed by atoms with Gasteiger partial charge in [-0.3, -0.25) is 0 Å². The third-order valence-electron chi connectivity index (χ3n) is 1.91. The van der Waals surface area contributed by atoms with Gasteiger partial charge in [0.1, 0.15) is 0 Å². The van der Waals surface area contributed by atoms with Crippen molar-refractivity contribution in [2.24, 2.45) is 0 Å². The van der Waals surface area contributed by atoms with Crippen molar-refractivity contribution in [1.29, 1.82) is 0 Å². The van der Waals surface area contributed by atoms with E-state index in [2.05, 4.69) is 46.6 Å². The molecule has 0 N–H and O–H groups in total. The van der Waals surface area contributed by atoms with Crippen LogP contribution in [-0.2, 0) is 8.54 Å². The first kappa shape index (κ1) is 14.4. The molecular formula is C10H26O2Si2. The summed E-state index contributed by atoms with van der Waals surface area (Å²) in [7, 11) is -3.33. The molecule has 0 atom stereocenters. The molecule has 0 aromatic carbocycles. The van der Waals surface area contributed by atoms with E-state index in [9.17, 15) is 0 Å². The van der Waals surface area contributed by atoms with Gasteiger partial charge in [-0.1, -0.05) is 13.8 Å². The summed E-state index contributed by atoms with van der Waals surface area (Å²) < 4.78 is 12.2. The molecule has 0 aliphatic rings. The van der Waals surface area contributed by atoms with Gasteiger partial charge in [-0.2, -0.15) is 0 Å². The monoisotopic (exact) mass is 234 g/mol. The van der Waals surface area contributed by atoms with Crippen LogP contribution < -0.4 is 0 Å². The van der Waals surface area contributed by atoms with Crippen molar-refractivity contribution >= 4 is 16.9 Å². The van der Waals surface area contributed by atoms with E-state index < -0.39 is 16.9 Å². The maximum absolute atomic E-state index is 6.11. The maximum Gasteiger partial charge on any atom is 0.321 e. The maximum atomic E-state index is 6.11. The molecule has 0 aliphatic carbocycles. The second kappa shape index (κ2) is 5.44. The normalized spacial score (nSPS) is 13.7. The molecule has 0 amide bonds. The molecule has 2 nitrogen and oxygen atoms in total. The van der Waals surface area contributed by atoms with Crippen molar-refractivity contribution < 1.29 is 8.54 Å². The van der Waals surface area contributed by atoms with Crippen LogP contribution >= 0.6 is 0 Å². The largest absolute Gasteiger partial charge is 0.436 e. The van der Waals surface area contributed by atoms with Gasteiger partial charge in [-0.25, -0.2) is 0 Å². The van der Waals surface area contributed by atoms with Crippen LogP contribution in [0.25, 0.3) is 0 Å². The Morgan fingerprint density at radius 2 is 1.36 bits per heavy atom. The van der Waals surface area contributed by atoms with E-state index in [-0.39, 0.29) is 0 Å². The molecule has 0 heterocycles. The Labute approximate surface area is 91.4 Å². The fraction of sp³-hybridized carbons (Fsp3) is 1.00. The average Bonchev–Trinajstić information content (AvgIpc) is 1.95. The van der Waals surface area contributed by atoms with E-state index in [4.69, 9.17) is 8.54 Å². The van der Waals surface area contributed by atoms with Crippen LogP contribution in [0.5, 0.6) is 0 Å². The summed E-state index contributed by atoms with van der Waals surface area (Å²) in [6.45, 7) is 15.3. The Morgan fingerprint density at radius 3 is 1.64 bits per heavy atom. The van der Waals surface area contributed by atoms with E-state index in [1.165, 1.54) is 0 Å². The van der Waals surface area contributed by atoms with Crippen LogP contribution in [0.2, 0.25) is 32.7 Å². The van der Waals surface area contributed by atoms with Crippen molar-refractivity contribution in [3.8, 4) is 0 Å². The van der Waals surface area contributed by atoms with Gasteiger partial charge in [-0.15, -0.1) is 0 Å². The molecule has 0 aromatic rings. The van der Waals surface area contributed by atoms with Crippen molar-refractivity contribution in [2.45, 2.75) is 65.5 Å². The summed E-state index contributed by atoms with van der Waals surface area (Å²) >= 11 is 0. The predicted octanol–water partition coefficient (Wildman–Crippen LogP) is 3.74. The highest BCUT2D eigenvalue weighted by Crippen LogP contribution is 2.19. The van der Waals surface area contributed by atoms with Gasteiger partial charge in [0.2, 0.25) is 0 Å². The Morgan fingerprint density at radius 1 is 0.929 bits per heavy atom. The second-order valence-corrected chi connectivity index (χ2v) is 13.2. The standard InChI is InChI=1S/C10H26O2Si2/c1-8-10(9-2)11-14(6,7)12-13(3,4)5/h10H,8-9H2,1-7H3. The minimum absolute atomic E-state index is 0.382. The Kier molecular flexibility index (Phi) is 5.58. The first-order valence-electron chi connectivity index (χ1n) is 5.58. The smallest absolute Gasteiger partial charge is 0.321 e. The van der Waals surface area contributed by atoms with Gasteiger partial charge in [0.15, 0.2) is 8.32 Å². The molecule has 0 fully saturated rings. The summed E-state index contributed by atoms with van der Waals surface area (Å²) in [5.41, 5.74) is 0. The minimum atomic E-state index is -1.88. The van der Waals surface area contributed by atoms with E-state index >= 15 is 0 Å². The van der Waals surface area contributed by atoms with Gasteiger partial charge in [0, 0.05) is 6.10 Å². The topological polar surface area (TPSA) is 18.5 Å². The molecule has 0 saturated carbocycles. The molecule has 0 spiro atoms. The summed E-state index contributed by atoms with van der Waals surface area (Å²) in [5, 5.41) is 0. The zero-order valence-electron chi connectivity index (χ0n) is 10.8. The molecule has 0 aromatic heterocycles. The van der Waals surface area contributed by atoms with Crippen LogP contribution in [0, 0.1) is 0 Å². The van der Waals surface area contributed by atoms with Crippen LogP contribution in [-0.4, -0.2) is 23.0 Å². The van der Waals surface area contributed by atoms with Crippen molar-refractivity contribution in [3.05, 3.63) is 0 Å². The van der Waals surface area contributed by atoms with Gasteiger partial charge in [0.05, 0.1) is 0 Å². The highest BCUT2D eigenvalue weighted by molar-refractivity contribution is 6.81. The number of hydrogen-bond acceptors (Lipinski definition) is 2. The van der Waals surface area contributed by atoms with E-state index in [1.807, 2.05) is 0 Å². The second-order valence-electron chi connectivity index (χ2n) is 5.17. The van der Waals surface area contributed by atoms with Crippen molar-refractivity contribution in [2.75, 3.05) is 0 Å². The average molecular weight is 234 g/mol. The van der Waals surface area contributed by atoms with Crippen molar-refractivity contribution in [1.82, 2.24) is 0 Å². The summed E-state index contributed by atoms with van der Waals surface area (Å²) in [5.74, 6) is 0. The number of rotatable bonds is 6. The first-order chi connectivity index (χ1) is 6.20. The van der Waals surface area contributed by atoms with E-state index in [0.717, 1.165) is 12.8 Å². The summed E-state index contributed by atoms with van der Waals surface area (Å²) in [6.07, 6.45) is 2.55. The molecule has 86 valence electrons. The lowest BCUT2D eigenvalue weighted by Crippen LogP contribution is -2.46. The SMILES string of the molecule is CCC(CC)O[Si](C)(C)O[Si](C)(C)C. The van der Waals surface area contributed by atoms with Gasteiger partial charge >= 0.3 is 8.56 Å². The third kappa shape index (κ3) is 6.76. The Hall–Kier alpha value is 0.354. The summed E-state index contributed by atoms with van der Waals surface area (Å²) in [4.78, 5) is 0. The zero-order chi connectivity index (χ0) is 11.4. The molecule has 0 unspecified atom stereocenters. The highest BCUT2D eigenvalue weighted by atomic mass is 28.4. The molecular weight excluding hydrogens is 208 g/mol. The van der Waals surface area contributed by atoms with Gasteiger partial charge in [-0.05, 0) is 45.6 Å². The third-order valence-corrected chi connectivity index (χ3v) is 7.23. The van der Waals surface area contributed by atoms with Crippen molar-refractivity contribution in [3.63, 3.8) is 0 Å². The first-order valence-corrected chi connectivity index (χ1v) is 11.8. The van der Waals surface area contributed by atoms with Crippen LogP contribution in [0.4, 0.5) is 0 Å². The Balaban J connectivity index is 4.18. The Bertz CT molecular complexity index is 160. The molecule has 0 saturated heterocycles. The molecule has 14 heavy (non-hydrogen) atoms. The van der Waals surface area contributed by atoms with Gasteiger partial charge in [0.25, 0.3) is 0 Å². The molecule has 0 aliphatic heterocycles. The molecule has 0 radical (unpaired) electrons. The highest BCUT2D eigenvalue weighted by Gasteiger charge is 2.33. The van der Waals surface area contributed by atoms with Crippen LogP contribution in [0.15, 0.2) is 0 Å². The zero-order valence-corrected chi connectivity index (χ0v) is 12.8. The van der Waals surface area contributed by atoms with Crippen LogP contribution in [0.1, 0.15) is 26.7 Å². The van der Waals surface area contributed by atoms with E-state index in [0.29, 0.717) is 6.10 Å². The lowest BCUT2D eigenvalue weighted by Gasteiger charge is -2.33. The quantitative estimate of drug-likeness (QED) is 0.652. The molecule has 4 heteroatoms. The fourth-order valence-corrected chi connectivity index (χ4v) is 8.85. The van der Waals surface area contributed by atoms with E-state index in [1.54, 1.807) is 0 Å². The summed E-state index contributed by atoms with van der Waals surface area (Å²) in [6, 6.07) is 0. The number of hydrogen-bond donors (Lipinski definition) is 0. The molecule has 0 rings (SSSR count).